The number of benzene rings is 2. The Morgan fingerprint density at radius 3 is 2.58 bits per heavy atom. The van der Waals surface area contributed by atoms with E-state index in [2.05, 4.69) is 22.8 Å². The zero-order valence-corrected chi connectivity index (χ0v) is 18.6. The molecule has 0 unspecified atom stereocenters. The van der Waals surface area contributed by atoms with Crippen LogP contribution in [0.2, 0.25) is 0 Å². The van der Waals surface area contributed by atoms with E-state index in [1.54, 1.807) is 18.2 Å². The number of terminal acetylenes is 1. The maximum atomic E-state index is 12.7. The summed E-state index contributed by atoms with van der Waals surface area (Å²) in [5.74, 6) is 4.37. The lowest BCUT2D eigenvalue weighted by atomic mass is 10.1. The van der Waals surface area contributed by atoms with Gasteiger partial charge in [-0.05, 0) is 29.4 Å². The van der Waals surface area contributed by atoms with Crippen LogP contribution in [0.5, 0.6) is 0 Å². The third-order valence-corrected chi connectivity index (χ3v) is 7.13. The van der Waals surface area contributed by atoms with Gasteiger partial charge in [-0.2, -0.15) is 21.6 Å². The van der Waals surface area contributed by atoms with Gasteiger partial charge in [0.25, 0.3) is 0 Å². The zero-order valence-electron chi connectivity index (χ0n) is 16.9. The highest BCUT2D eigenvalue weighted by molar-refractivity contribution is 7.98. The van der Waals surface area contributed by atoms with Gasteiger partial charge in [0.05, 0.1) is 12.2 Å². The molecule has 5 nitrogen and oxygen atoms in total. The number of nitrogens with zero attached hydrogens (tertiary/aromatic N) is 2. The van der Waals surface area contributed by atoms with Crippen LogP contribution >= 0.6 is 11.8 Å². The summed E-state index contributed by atoms with van der Waals surface area (Å²) in [7, 11) is -3.74. The second kappa shape index (κ2) is 9.56. The highest BCUT2D eigenvalue weighted by Crippen LogP contribution is 2.29. The standard InChI is InChI=1S/C24H23N3O2S2/c1-2-22(20-11-7-4-8-12-20)26-31(28,29)16-14-23-21-18-30-15-13-24(21)27(25-23)17-19-9-5-3-6-10-19/h1,3-12,14,16,22,26H,13,15,17-18H2/b16-14+/t22-/m0/s1. The van der Waals surface area contributed by atoms with E-state index in [9.17, 15) is 8.42 Å². The van der Waals surface area contributed by atoms with Gasteiger partial charge in [0, 0.05) is 22.4 Å². The molecule has 1 atom stereocenters. The molecule has 1 aliphatic rings. The summed E-state index contributed by atoms with van der Waals surface area (Å²) in [5.41, 5.74) is 4.87. The van der Waals surface area contributed by atoms with Crippen molar-refractivity contribution in [1.29, 1.82) is 0 Å². The molecular weight excluding hydrogens is 426 g/mol. The molecule has 2 aromatic carbocycles. The number of rotatable bonds is 7. The van der Waals surface area contributed by atoms with Gasteiger partial charge in [0.15, 0.2) is 0 Å². The molecule has 0 saturated heterocycles. The summed E-state index contributed by atoms with van der Waals surface area (Å²) < 4.78 is 29.9. The predicted molar refractivity (Wildman–Crippen MR) is 127 cm³/mol. The van der Waals surface area contributed by atoms with Crippen LogP contribution in [-0.2, 0) is 28.7 Å². The normalized spacial score (nSPS) is 14.8. The first-order chi connectivity index (χ1) is 15.1. The van der Waals surface area contributed by atoms with Gasteiger partial charge in [-0.15, -0.1) is 6.42 Å². The molecule has 0 radical (unpaired) electrons. The van der Waals surface area contributed by atoms with E-state index in [1.165, 1.54) is 5.69 Å². The first kappa shape index (κ1) is 21.4. The Labute approximate surface area is 187 Å². The molecule has 4 rings (SSSR count). The number of nitrogens with one attached hydrogen (secondary N) is 1. The number of fused-ring (bicyclic) bond motifs is 1. The lowest BCUT2D eigenvalue weighted by molar-refractivity contribution is 0.585. The van der Waals surface area contributed by atoms with E-state index in [1.807, 2.05) is 52.8 Å². The van der Waals surface area contributed by atoms with Crippen molar-refractivity contribution < 1.29 is 8.42 Å². The van der Waals surface area contributed by atoms with Crippen molar-refractivity contribution in [3.8, 4) is 12.3 Å². The number of thioether (sulfide) groups is 1. The molecule has 1 aliphatic heterocycles. The van der Waals surface area contributed by atoms with Gasteiger partial charge in [-0.1, -0.05) is 66.6 Å². The first-order valence-electron chi connectivity index (χ1n) is 9.97. The minimum absolute atomic E-state index is 0.667. The average molecular weight is 450 g/mol. The SMILES string of the molecule is C#C[C@H](NS(=O)(=O)/C=C/c1nn(Cc2ccccc2)c2c1CSCC2)c1ccccc1. The molecule has 0 aliphatic carbocycles. The molecule has 0 saturated carbocycles. The van der Waals surface area contributed by atoms with E-state index in [-0.39, 0.29) is 0 Å². The van der Waals surface area contributed by atoms with Gasteiger partial charge < -0.3 is 0 Å². The van der Waals surface area contributed by atoms with Crippen LogP contribution in [0.1, 0.15) is 34.1 Å². The van der Waals surface area contributed by atoms with Crippen molar-refractivity contribution in [3.05, 3.63) is 94.1 Å². The van der Waals surface area contributed by atoms with Crippen LogP contribution in [0.3, 0.4) is 0 Å². The topological polar surface area (TPSA) is 64.0 Å². The highest BCUT2D eigenvalue weighted by atomic mass is 32.2. The van der Waals surface area contributed by atoms with Crippen LogP contribution in [-0.4, -0.2) is 24.0 Å². The summed E-state index contributed by atoms with van der Waals surface area (Å²) in [5, 5.41) is 5.89. The summed E-state index contributed by atoms with van der Waals surface area (Å²) in [4.78, 5) is 0. The van der Waals surface area contributed by atoms with Gasteiger partial charge in [-0.25, -0.2) is 8.42 Å². The maximum absolute atomic E-state index is 12.7. The van der Waals surface area contributed by atoms with E-state index in [0.29, 0.717) is 12.2 Å². The number of aromatic nitrogens is 2. The maximum Gasteiger partial charge on any atom is 0.235 e. The van der Waals surface area contributed by atoms with Crippen molar-refractivity contribution in [2.45, 2.75) is 24.8 Å². The molecule has 2 heterocycles. The van der Waals surface area contributed by atoms with Gasteiger partial charge in [-0.3, -0.25) is 4.68 Å². The van der Waals surface area contributed by atoms with E-state index >= 15 is 0 Å². The Kier molecular flexibility index (Phi) is 6.62. The van der Waals surface area contributed by atoms with E-state index < -0.39 is 16.1 Å². The molecule has 3 aromatic rings. The largest absolute Gasteiger partial charge is 0.264 e. The Balaban J connectivity index is 1.57. The highest BCUT2D eigenvalue weighted by Gasteiger charge is 2.21. The van der Waals surface area contributed by atoms with Crippen LogP contribution in [0.25, 0.3) is 6.08 Å². The molecule has 31 heavy (non-hydrogen) atoms. The molecule has 0 fully saturated rings. The summed E-state index contributed by atoms with van der Waals surface area (Å²) >= 11 is 1.84. The molecule has 158 valence electrons. The number of hydrogen-bond donors (Lipinski definition) is 1. The van der Waals surface area contributed by atoms with Crippen molar-refractivity contribution >= 4 is 27.9 Å². The van der Waals surface area contributed by atoms with Gasteiger partial charge in [0.1, 0.15) is 6.04 Å². The van der Waals surface area contributed by atoms with E-state index in [0.717, 1.165) is 40.0 Å². The fourth-order valence-corrected chi connectivity index (χ4v) is 5.48. The second-order valence-electron chi connectivity index (χ2n) is 7.23. The fraction of sp³-hybridized carbons (Fsp3) is 0.208. The Morgan fingerprint density at radius 2 is 1.87 bits per heavy atom. The average Bonchev–Trinajstić information content (AvgIpc) is 3.15. The number of sulfonamides is 1. The predicted octanol–water partition coefficient (Wildman–Crippen LogP) is 3.99. The van der Waals surface area contributed by atoms with Crippen LogP contribution < -0.4 is 4.72 Å². The molecule has 0 bridgehead atoms. The number of hydrogen-bond acceptors (Lipinski definition) is 4. The Hall–Kier alpha value is -2.79. The lowest BCUT2D eigenvalue weighted by Crippen LogP contribution is -2.25. The van der Waals surface area contributed by atoms with Gasteiger partial charge in [0.2, 0.25) is 10.0 Å². The Morgan fingerprint density at radius 1 is 1.16 bits per heavy atom. The zero-order chi connectivity index (χ0) is 21.7. The van der Waals surface area contributed by atoms with E-state index in [4.69, 9.17) is 11.5 Å². The monoisotopic (exact) mass is 449 g/mol. The third-order valence-electron chi connectivity index (χ3n) is 5.09. The van der Waals surface area contributed by atoms with Crippen molar-refractivity contribution in [3.63, 3.8) is 0 Å². The van der Waals surface area contributed by atoms with Gasteiger partial charge >= 0.3 is 0 Å². The summed E-state index contributed by atoms with van der Waals surface area (Å²) in [6, 6.07) is 18.5. The molecule has 0 amide bonds. The van der Waals surface area contributed by atoms with Crippen LogP contribution in [0.15, 0.2) is 66.1 Å². The van der Waals surface area contributed by atoms with Crippen molar-refractivity contribution in [1.82, 2.24) is 14.5 Å². The molecule has 1 aromatic heterocycles. The second-order valence-corrected chi connectivity index (χ2v) is 9.94. The van der Waals surface area contributed by atoms with Crippen molar-refractivity contribution in [2.75, 3.05) is 5.75 Å². The lowest BCUT2D eigenvalue weighted by Gasteiger charge is -2.14. The first-order valence-corrected chi connectivity index (χ1v) is 12.7. The van der Waals surface area contributed by atoms with Crippen molar-refractivity contribution in [2.24, 2.45) is 0 Å². The minimum Gasteiger partial charge on any atom is -0.264 e. The minimum atomic E-state index is -3.74. The third kappa shape index (κ3) is 5.28. The molecule has 7 heteroatoms. The fourth-order valence-electron chi connectivity index (χ4n) is 3.56. The quantitative estimate of drug-likeness (QED) is 0.554. The van der Waals surface area contributed by atoms with Crippen LogP contribution in [0, 0.1) is 12.3 Å². The smallest absolute Gasteiger partial charge is 0.235 e. The summed E-state index contributed by atoms with van der Waals surface area (Å²) in [6.07, 6.45) is 8.07. The Bertz CT molecular complexity index is 1210. The molecular formula is C24H23N3O2S2. The van der Waals surface area contributed by atoms with Crippen LogP contribution in [0.4, 0.5) is 0 Å². The summed E-state index contributed by atoms with van der Waals surface area (Å²) in [6.45, 7) is 0.667. The molecule has 0 spiro atoms. The molecule has 1 N–H and O–H groups in total.